The molecular formula is C19H15ClN2O3. The number of hydrogen-bond acceptors (Lipinski definition) is 4. The summed E-state index contributed by atoms with van der Waals surface area (Å²) in [5, 5.41) is 6.25. The Kier molecular flexibility index (Phi) is 5.16. The third kappa shape index (κ3) is 4.28. The lowest BCUT2D eigenvalue weighted by atomic mass is 10.1. The van der Waals surface area contributed by atoms with E-state index >= 15 is 0 Å². The molecule has 25 heavy (non-hydrogen) atoms. The first-order valence-electron chi connectivity index (χ1n) is 7.59. The van der Waals surface area contributed by atoms with Gasteiger partial charge in [0.05, 0.1) is 6.26 Å². The summed E-state index contributed by atoms with van der Waals surface area (Å²) < 4.78 is 5.08. The first-order chi connectivity index (χ1) is 12.1. The fourth-order valence-corrected chi connectivity index (χ4v) is 2.39. The van der Waals surface area contributed by atoms with Gasteiger partial charge >= 0.3 is 0 Å². The van der Waals surface area contributed by atoms with E-state index in [0.717, 1.165) is 0 Å². The molecule has 2 aromatic carbocycles. The summed E-state index contributed by atoms with van der Waals surface area (Å²) in [6.07, 6.45) is 0.441. The van der Waals surface area contributed by atoms with Gasteiger partial charge in [-0.25, -0.2) is 0 Å². The third-order valence-corrected chi connectivity index (χ3v) is 3.75. The molecular weight excluding hydrogens is 340 g/mol. The van der Waals surface area contributed by atoms with E-state index in [2.05, 4.69) is 10.6 Å². The molecule has 1 atom stereocenters. The van der Waals surface area contributed by atoms with Crippen LogP contribution in [0.25, 0.3) is 0 Å². The number of halogens is 1. The highest BCUT2D eigenvalue weighted by atomic mass is 35.5. The Hall–Kier alpha value is -3.05. The van der Waals surface area contributed by atoms with Gasteiger partial charge in [0, 0.05) is 16.3 Å². The highest BCUT2D eigenvalue weighted by Gasteiger charge is 2.23. The molecule has 2 N–H and O–H groups in total. The Bertz CT molecular complexity index is 846. The lowest BCUT2D eigenvalue weighted by Crippen LogP contribution is -2.46. The van der Waals surface area contributed by atoms with Crippen LogP contribution in [0.2, 0.25) is 5.02 Å². The second-order valence-electron chi connectivity index (χ2n) is 5.27. The molecule has 1 heterocycles. The smallest absolute Gasteiger partial charge is 0.288 e. The van der Waals surface area contributed by atoms with E-state index in [1.54, 1.807) is 54.6 Å². The van der Waals surface area contributed by atoms with Gasteiger partial charge in [0.2, 0.25) is 5.78 Å². The Balaban J connectivity index is 1.83. The molecule has 0 aliphatic carbocycles. The number of ketones is 1. The first-order valence-corrected chi connectivity index (χ1v) is 7.97. The molecule has 0 aliphatic heterocycles. The van der Waals surface area contributed by atoms with Crippen molar-refractivity contribution in [3.8, 4) is 0 Å². The van der Waals surface area contributed by atoms with Crippen molar-refractivity contribution in [2.24, 2.45) is 0 Å². The molecule has 0 radical (unpaired) electrons. The maximum atomic E-state index is 12.8. The molecule has 0 bridgehead atoms. The van der Waals surface area contributed by atoms with Crippen LogP contribution in [0.3, 0.4) is 0 Å². The van der Waals surface area contributed by atoms with Gasteiger partial charge in [0.15, 0.2) is 11.9 Å². The lowest BCUT2D eigenvalue weighted by molar-refractivity contribution is 0.0853. The minimum absolute atomic E-state index is 0.128. The summed E-state index contributed by atoms with van der Waals surface area (Å²) in [5.41, 5.74) is 1.13. The second kappa shape index (κ2) is 7.68. The largest absolute Gasteiger partial charge is 0.459 e. The number of benzene rings is 2. The topological polar surface area (TPSA) is 71.3 Å². The van der Waals surface area contributed by atoms with Crippen LogP contribution in [-0.4, -0.2) is 17.9 Å². The van der Waals surface area contributed by atoms with E-state index in [9.17, 15) is 9.59 Å². The highest BCUT2D eigenvalue weighted by molar-refractivity contribution is 6.30. The van der Waals surface area contributed by atoms with Crippen molar-refractivity contribution in [1.29, 1.82) is 0 Å². The van der Waals surface area contributed by atoms with Crippen molar-refractivity contribution in [3.63, 3.8) is 0 Å². The highest BCUT2D eigenvalue weighted by Crippen LogP contribution is 2.15. The van der Waals surface area contributed by atoms with E-state index in [4.69, 9.17) is 16.0 Å². The molecule has 6 heteroatoms. The molecule has 0 aliphatic rings. The second-order valence-corrected chi connectivity index (χ2v) is 5.70. The average Bonchev–Trinajstić information content (AvgIpc) is 3.18. The van der Waals surface area contributed by atoms with Crippen molar-refractivity contribution < 1.29 is 14.0 Å². The Morgan fingerprint density at radius 2 is 1.64 bits per heavy atom. The predicted molar refractivity (Wildman–Crippen MR) is 95.8 cm³/mol. The van der Waals surface area contributed by atoms with E-state index in [0.29, 0.717) is 16.3 Å². The number of carbonyl (C=O) groups is 2. The van der Waals surface area contributed by atoms with Crippen LogP contribution in [-0.2, 0) is 0 Å². The summed E-state index contributed by atoms with van der Waals surface area (Å²) >= 11 is 5.88. The summed E-state index contributed by atoms with van der Waals surface area (Å²) in [7, 11) is 0. The molecule has 1 aromatic heterocycles. The number of hydrogen-bond donors (Lipinski definition) is 2. The Labute approximate surface area is 149 Å². The summed E-state index contributed by atoms with van der Waals surface area (Å²) in [5.74, 6) is -0.625. The molecule has 3 aromatic rings. The van der Waals surface area contributed by atoms with Gasteiger partial charge in [-0.1, -0.05) is 41.9 Å². The van der Waals surface area contributed by atoms with E-state index in [-0.39, 0.29) is 11.5 Å². The average molecular weight is 355 g/mol. The maximum Gasteiger partial charge on any atom is 0.288 e. The molecule has 0 spiro atoms. The van der Waals surface area contributed by atoms with Gasteiger partial charge in [0.25, 0.3) is 5.91 Å². The summed E-state index contributed by atoms with van der Waals surface area (Å²) in [4.78, 5) is 25.1. The molecule has 5 nitrogen and oxygen atoms in total. The summed E-state index contributed by atoms with van der Waals surface area (Å²) in [6, 6.07) is 18.7. The van der Waals surface area contributed by atoms with E-state index in [1.165, 1.54) is 12.3 Å². The van der Waals surface area contributed by atoms with Crippen LogP contribution in [0, 0.1) is 0 Å². The molecule has 0 saturated carbocycles. The van der Waals surface area contributed by atoms with Gasteiger partial charge in [0.1, 0.15) is 0 Å². The van der Waals surface area contributed by atoms with Gasteiger partial charge in [-0.3, -0.25) is 9.59 Å². The fraction of sp³-hybridized carbons (Fsp3) is 0.0526. The van der Waals surface area contributed by atoms with Crippen molar-refractivity contribution in [3.05, 3.63) is 89.3 Å². The van der Waals surface area contributed by atoms with Crippen molar-refractivity contribution >= 4 is 29.0 Å². The van der Waals surface area contributed by atoms with E-state index < -0.39 is 12.1 Å². The number of nitrogens with one attached hydrogen (secondary N) is 2. The normalized spacial score (nSPS) is 11.6. The molecule has 126 valence electrons. The van der Waals surface area contributed by atoms with Crippen LogP contribution in [0.5, 0.6) is 0 Å². The van der Waals surface area contributed by atoms with Crippen molar-refractivity contribution in [2.75, 3.05) is 5.32 Å². The van der Waals surface area contributed by atoms with Gasteiger partial charge < -0.3 is 15.1 Å². The quantitative estimate of drug-likeness (QED) is 0.518. The standard InChI is InChI=1S/C19H15ClN2O3/c20-14-8-10-15(11-9-14)21-18(17(23)13-5-2-1-3-6-13)22-19(24)16-7-4-12-25-16/h1-12,18,21H,(H,22,24). The molecule has 3 rings (SSSR count). The SMILES string of the molecule is O=C(NC(Nc1ccc(Cl)cc1)C(=O)c1ccccc1)c1ccco1. The third-order valence-electron chi connectivity index (χ3n) is 3.50. The molecule has 1 unspecified atom stereocenters. The van der Waals surface area contributed by atoms with Crippen molar-refractivity contribution in [2.45, 2.75) is 6.17 Å². The first kappa shape index (κ1) is 16.8. The maximum absolute atomic E-state index is 12.8. The Morgan fingerprint density at radius 3 is 2.28 bits per heavy atom. The minimum Gasteiger partial charge on any atom is -0.459 e. The van der Waals surface area contributed by atoms with Gasteiger partial charge in [-0.2, -0.15) is 0 Å². The summed E-state index contributed by atoms with van der Waals surface area (Å²) in [6.45, 7) is 0. The van der Waals surface area contributed by atoms with Crippen LogP contribution in [0.1, 0.15) is 20.9 Å². The zero-order valence-electron chi connectivity index (χ0n) is 13.1. The van der Waals surface area contributed by atoms with Gasteiger partial charge in [-0.15, -0.1) is 0 Å². The number of anilines is 1. The zero-order chi connectivity index (χ0) is 17.6. The number of rotatable bonds is 6. The van der Waals surface area contributed by atoms with Crippen LogP contribution in [0.15, 0.2) is 77.4 Å². The lowest BCUT2D eigenvalue weighted by Gasteiger charge is -2.20. The Morgan fingerprint density at radius 1 is 0.920 bits per heavy atom. The van der Waals surface area contributed by atoms with Crippen LogP contribution in [0.4, 0.5) is 5.69 Å². The molecule has 1 amide bonds. The number of amides is 1. The predicted octanol–water partition coefficient (Wildman–Crippen LogP) is 3.98. The minimum atomic E-state index is -0.957. The number of Topliss-reactive ketones (excluding diaryl/α,β-unsaturated/α-hetero) is 1. The van der Waals surface area contributed by atoms with Gasteiger partial charge in [-0.05, 0) is 36.4 Å². The van der Waals surface area contributed by atoms with Crippen molar-refractivity contribution in [1.82, 2.24) is 5.32 Å². The van der Waals surface area contributed by atoms with E-state index in [1.807, 2.05) is 6.07 Å². The van der Waals surface area contributed by atoms with Crippen LogP contribution < -0.4 is 10.6 Å². The monoisotopic (exact) mass is 354 g/mol. The number of furan rings is 1. The molecule has 0 fully saturated rings. The fourth-order valence-electron chi connectivity index (χ4n) is 2.26. The molecule has 0 saturated heterocycles. The van der Waals surface area contributed by atoms with Crippen LogP contribution >= 0.6 is 11.6 Å². The number of carbonyl (C=O) groups excluding carboxylic acids is 2. The zero-order valence-corrected chi connectivity index (χ0v) is 13.9.